The van der Waals surface area contributed by atoms with Crippen LogP contribution in [-0.2, 0) is 9.59 Å². The largest absolute Gasteiger partial charge is 0.366 e. The summed E-state index contributed by atoms with van der Waals surface area (Å²) in [5, 5.41) is 8.22. The number of nitrogens with two attached hydrogens (primary N) is 2. The van der Waals surface area contributed by atoms with Gasteiger partial charge in [-0.15, -0.1) is 0 Å². The maximum Gasteiger partial charge on any atom is 0.250 e. The van der Waals surface area contributed by atoms with Crippen LogP contribution in [0.2, 0.25) is 0 Å². The fraction of sp³-hybridized carbons (Fsp3) is 0.304. The van der Waals surface area contributed by atoms with Gasteiger partial charge in [0.1, 0.15) is 11.6 Å². The molecule has 2 aliphatic rings. The first-order chi connectivity index (χ1) is 15.4. The summed E-state index contributed by atoms with van der Waals surface area (Å²) < 4.78 is 1.67. The Bertz CT molecular complexity index is 1220. The number of anilines is 1. The summed E-state index contributed by atoms with van der Waals surface area (Å²) in [5.74, 6) is -0.853. The lowest BCUT2D eigenvalue weighted by Crippen LogP contribution is -2.52. The minimum atomic E-state index is -0.527. The molecule has 3 heterocycles. The number of carbonyl (C=O) groups is 3. The normalized spacial score (nSPS) is 22.7. The molecule has 3 atom stereocenters. The second kappa shape index (κ2) is 7.76. The van der Waals surface area contributed by atoms with Crippen LogP contribution in [0.3, 0.4) is 0 Å². The van der Waals surface area contributed by atoms with Gasteiger partial charge >= 0.3 is 0 Å². The van der Waals surface area contributed by atoms with E-state index in [-0.39, 0.29) is 17.9 Å². The van der Waals surface area contributed by atoms with Gasteiger partial charge in [-0.05, 0) is 56.0 Å². The van der Waals surface area contributed by atoms with Crippen LogP contribution in [0.5, 0.6) is 0 Å². The number of nitrogens with one attached hydrogen (secondary N) is 1. The summed E-state index contributed by atoms with van der Waals surface area (Å²) in [6.45, 7) is 0. The predicted octanol–water partition coefficient (Wildman–Crippen LogP) is 1.54. The summed E-state index contributed by atoms with van der Waals surface area (Å²) in [6.07, 6.45) is 4.87. The van der Waals surface area contributed by atoms with E-state index in [2.05, 4.69) is 10.4 Å². The predicted molar refractivity (Wildman–Crippen MR) is 119 cm³/mol. The lowest BCUT2D eigenvalue weighted by atomic mass is 9.96. The first-order valence-electron chi connectivity index (χ1n) is 10.7. The number of nitrogens with zero attached hydrogens (tertiary/aromatic N) is 3. The number of benzene rings is 2. The topological polar surface area (TPSA) is 136 Å². The molecule has 9 heteroatoms. The molecule has 32 heavy (non-hydrogen) atoms. The summed E-state index contributed by atoms with van der Waals surface area (Å²) in [7, 11) is 0. The SMILES string of the molecule is NC(=O)c1cccc2cn(-c3ccc(NC(=O)C4CCCC5CC(N)C(=O)N54)cc3)nc12. The quantitative estimate of drug-likeness (QED) is 0.574. The lowest BCUT2D eigenvalue weighted by Gasteiger charge is -2.36. The number of primary amides is 1. The maximum atomic E-state index is 12.9. The van der Waals surface area contributed by atoms with Crippen molar-refractivity contribution < 1.29 is 14.4 Å². The van der Waals surface area contributed by atoms with E-state index < -0.39 is 18.0 Å². The highest BCUT2D eigenvalue weighted by Crippen LogP contribution is 2.32. The molecule has 5 rings (SSSR count). The van der Waals surface area contributed by atoms with Crippen molar-refractivity contribution in [3.63, 3.8) is 0 Å². The number of aromatic nitrogens is 2. The maximum absolute atomic E-state index is 12.9. The molecular weight excluding hydrogens is 408 g/mol. The summed E-state index contributed by atoms with van der Waals surface area (Å²) in [5.41, 5.74) is 13.7. The van der Waals surface area contributed by atoms with Crippen LogP contribution in [0.1, 0.15) is 36.0 Å². The minimum Gasteiger partial charge on any atom is -0.366 e. The molecule has 9 nitrogen and oxygen atoms in total. The number of hydrogen-bond acceptors (Lipinski definition) is 5. The van der Waals surface area contributed by atoms with Gasteiger partial charge in [0.15, 0.2) is 0 Å². The van der Waals surface area contributed by atoms with Gasteiger partial charge in [0.05, 0.1) is 17.3 Å². The Labute approximate surface area is 184 Å². The van der Waals surface area contributed by atoms with Crippen LogP contribution in [0, 0.1) is 0 Å². The minimum absolute atomic E-state index is 0.0589. The molecule has 2 aromatic carbocycles. The van der Waals surface area contributed by atoms with Crippen LogP contribution < -0.4 is 16.8 Å². The molecule has 5 N–H and O–H groups in total. The monoisotopic (exact) mass is 432 g/mol. The number of carbonyl (C=O) groups excluding carboxylic acids is 3. The van der Waals surface area contributed by atoms with Crippen LogP contribution in [0.15, 0.2) is 48.7 Å². The number of piperidine rings is 1. The Balaban J connectivity index is 1.34. The Morgan fingerprint density at radius 2 is 1.88 bits per heavy atom. The first kappa shape index (κ1) is 20.2. The second-order valence-corrected chi connectivity index (χ2v) is 8.41. The van der Waals surface area contributed by atoms with Crippen LogP contribution in [0.25, 0.3) is 16.6 Å². The molecule has 2 saturated heterocycles. The van der Waals surface area contributed by atoms with E-state index in [1.165, 1.54) is 0 Å². The molecule has 2 fully saturated rings. The van der Waals surface area contributed by atoms with Gasteiger partial charge in [-0.25, -0.2) is 4.68 Å². The van der Waals surface area contributed by atoms with Gasteiger partial charge < -0.3 is 21.7 Å². The van der Waals surface area contributed by atoms with Crippen molar-refractivity contribution in [2.24, 2.45) is 11.5 Å². The van der Waals surface area contributed by atoms with Gasteiger partial charge in [0.25, 0.3) is 5.91 Å². The van der Waals surface area contributed by atoms with Crippen molar-refractivity contribution in [1.29, 1.82) is 0 Å². The van der Waals surface area contributed by atoms with Gasteiger partial charge in [-0.3, -0.25) is 14.4 Å². The van der Waals surface area contributed by atoms with Gasteiger partial charge in [0.2, 0.25) is 11.8 Å². The van der Waals surface area contributed by atoms with Crippen molar-refractivity contribution in [2.45, 2.75) is 43.8 Å². The zero-order chi connectivity index (χ0) is 22.4. The van der Waals surface area contributed by atoms with E-state index in [0.717, 1.165) is 23.9 Å². The van der Waals surface area contributed by atoms with E-state index in [1.807, 2.05) is 24.4 Å². The Morgan fingerprint density at radius 3 is 2.62 bits per heavy atom. The number of fused-ring (bicyclic) bond motifs is 2. The molecule has 3 amide bonds. The Hall–Kier alpha value is -3.72. The van der Waals surface area contributed by atoms with Crippen LogP contribution >= 0.6 is 0 Å². The van der Waals surface area contributed by atoms with Crippen molar-refractivity contribution in [3.8, 4) is 5.69 Å². The van der Waals surface area contributed by atoms with Crippen LogP contribution in [0.4, 0.5) is 5.69 Å². The highest BCUT2D eigenvalue weighted by atomic mass is 16.2. The average Bonchev–Trinajstić information content (AvgIpc) is 3.35. The van der Waals surface area contributed by atoms with E-state index in [1.54, 1.807) is 33.8 Å². The second-order valence-electron chi connectivity index (χ2n) is 8.41. The lowest BCUT2D eigenvalue weighted by molar-refractivity contribution is -0.139. The summed E-state index contributed by atoms with van der Waals surface area (Å²) in [4.78, 5) is 38.7. The fourth-order valence-electron chi connectivity index (χ4n) is 4.79. The Kier molecular flexibility index (Phi) is 4.90. The van der Waals surface area contributed by atoms with Crippen molar-refractivity contribution >= 4 is 34.3 Å². The van der Waals surface area contributed by atoms with Crippen molar-refractivity contribution in [3.05, 3.63) is 54.2 Å². The molecule has 164 valence electrons. The van der Waals surface area contributed by atoms with Gasteiger partial charge in [-0.1, -0.05) is 12.1 Å². The van der Waals surface area contributed by atoms with Crippen molar-refractivity contribution in [1.82, 2.24) is 14.7 Å². The third-order valence-electron chi connectivity index (χ3n) is 6.35. The van der Waals surface area contributed by atoms with Crippen molar-refractivity contribution in [2.75, 3.05) is 5.32 Å². The number of rotatable bonds is 4. The zero-order valence-corrected chi connectivity index (χ0v) is 17.4. The van der Waals surface area contributed by atoms with E-state index in [9.17, 15) is 14.4 Å². The van der Waals surface area contributed by atoms with Gasteiger partial charge in [-0.2, -0.15) is 5.10 Å². The molecule has 1 aromatic heterocycles. The highest BCUT2D eigenvalue weighted by molar-refractivity contribution is 6.04. The molecule has 0 radical (unpaired) electrons. The summed E-state index contributed by atoms with van der Waals surface area (Å²) >= 11 is 0. The zero-order valence-electron chi connectivity index (χ0n) is 17.4. The molecule has 3 aromatic rings. The van der Waals surface area contributed by atoms with Gasteiger partial charge in [0, 0.05) is 23.3 Å². The molecule has 0 bridgehead atoms. The standard InChI is InChI=1S/C23H24N6O3/c24-18-11-16-4-2-6-19(29(16)23(18)32)22(31)26-14-7-9-15(10-8-14)28-12-13-3-1-5-17(21(25)30)20(13)27-28/h1,3,5,7-10,12,16,18-19H,2,4,6,11,24H2,(H2,25,30)(H,26,31). The molecule has 0 aliphatic carbocycles. The third kappa shape index (κ3) is 3.40. The number of hydrogen-bond donors (Lipinski definition) is 3. The molecule has 3 unspecified atom stereocenters. The van der Waals surface area contributed by atoms with E-state index >= 15 is 0 Å². The third-order valence-corrected chi connectivity index (χ3v) is 6.35. The highest BCUT2D eigenvalue weighted by Gasteiger charge is 2.45. The average molecular weight is 432 g/mol. The Morgan fingerprint density at radius 1 is 1.09 bits per heavy atom. The first-order valence-corrected chi connectivity index (χ1v) is 10.7. The smallest absolute Gasteiger partial charge is 0.250 e. The van der Waals surface area contributed by atoms with E-state index in [4.69, 9.17) is 11.5 Å². The van der Waals surface area contributed by atoms with Crippen LogP contribution in [-0.4, -0.2) is 50.5 Å². The molecule has 2 aliphatic heterocycles. The molecular formula is C23H24N6O3. The van der Waals surface area contributed by atoms with E-state index in [0.29, 0.717) is 29.6 Å². The summed E-state index contributed by atoms with van der Waals surface area (Å²) in [6, 6.07) is 11.6. The number of amides is 3. The molecule has 0 spiro atoms. The molecule has 0 saturated carbocycles. The fourth-order valence-corrected chi connectivity index (χ4v) is 4.79.